The van der Waals surface area contributed by atoms with Crippen LogP contribution in [0.5, 0.6) is 11.5 Å². The van der Waals surface area contributed by atoms with Crippen molar-refractivity contribution in [3.05, 3.63) is 23.8 Å². The van der Waals surface area contributed by atoms with Crippen LogP contribution in [-0.4, -0.2) is 39.2 Å². The lowest BCUT2D eigenvalue weighted by Gasteiger charge is -2.03. The highest BCUT2D eigenvalue weighted by Crippen LogP contribution is 2.23. The van der Waals surface area contributed by atoms with Crippen LogP contribution in [0.25, 0.3) is 0 Å². The van der Waals surface area contributed by atoms with E-state index in [4.69, 9.17) is 10.2 Å². The number of aliphatic hydroxyl groups excluding tert-OH is 1. The Morgan fingerprint density at radius 1 is 1.33 bits per heavy atom. The molecule has 1 aromatic rings. The Kier molecular flexibility index (Phi) is 4.45. The number of carbonyl (C=O) groups excluding carboxylic acids is 1. The molecule has 0 unspecified atom stereocenters. The van der Waals surface area contributed by atoms with Gasteiger partial charge in [-0.15, -0.1) is 0 Å². The molecule has 0 fully saturated rings. The second-order valence-electron chi connectivity index (χ2n) is 2.90. The maximum Gasteiger partial charge on any atom is 0.176 e. The zero-order chi connectivity index (χ0) is 11.3. The van der Waals surface area contributed by atoms with Crippen molar-refractivity contribution in [2.45, 2.75) is 0 Å². The van der Waals surface area contributed by atoms with Crippen molar-refractivity contribution in [2.75, 3.05) is 18.1 Å². The molecule has 0 aliphatic heterocycles. The quantitative estimate of drug-likeness (QED) is 0.518. The van der Waals surface area contributed by atoms with Crippen LogP contribution in [0, 0.1) is 0 Å². The normalized spacial score (nSPS) is 10.2. The number of phenols is 2. The molecule has 0 bridgehead atoms. The van der Waals surface area contributed by atoms with E-state index in [1.807, 2.05) is 0 Å². The summed E-state index contributed by atoms with van der Waals surface area (Å²) in [5.41, 5.74) is 0.193. The van der Waals surface area contributed by atoms with Crippen molar-refractivity contribution in [1.29, 1.82) is 0 Å². The molecule has 0 aliphatic rings. The third kappa shape index (κ3) is 3.45. The van der Waals surface area contributed by atoms with E-state index in [2.05, 4.69) is 0 Å². The highest BCUT2D eigenvalue weighted by molar-refractivity contribution is 8.00. The van der Waals surface area contributed by atoms with Crippen LogP contribution in [0.3, 0.4) is 0 Å². The van der Waals surface area contributed by atoms with E-state index in [0.717, 1.165) is 6.07 Å². The summed E-state index contributed by atoms with van der Waals surface area (Å²) in [4.78, 5) is 11.5. The van der Waals surface area contributed by atoms with E-state index < -0.39 is 0 Å². The molecule has 4 nitrogen and oxygen atoms in total. The van der Waals surface area contributed by atoms with Gasteiger partial charge in [0.1, 0.15) is 11.5 Å². The summed E-state index contributed by atoms with van der Waals surface area (Å²) in [5, 5.41) is 26.9. The summed E-state index contributed by atoms with van der Waals surface area (Å²) in [7, 11) is 0. The first kappa shape index (κ1) is 11.9. The number of Topliss-reactive ketones (excluding diaryl/α,β-unsaturated/α-hetero) is 1. The Labute approximate surface area is 91.6 Å². The zero-order valence-electron chi connectivity index (χ0n) is 8.01. The average molecular weight is 228 g/mol. The van der Waals surface area contributed by atoms with Crippen molar-refractivity contribution in [3.8, 4) is 11.5 Å². The first-order chi connectivity index (χ1) is 7.15. The molecular weight excluding hydrogens is 216 g/mol. The van der Waals surface area contributed by atoms with Crippen molar-refractivity contribution >= 4 is 17.5 Å². The number of carbonyl (C=O) groups is 1. The first-order valence-electron chi connectivity index (χ1n) is 4.39. The Morgan fingerprint density at radius 2 is 2.07 bits per heavy atom. The van der Waals surface area contributed by atoms with Crippen LogP contribution in [0.2, 0.25) is 0 Å². The van der Waals surface area contributed by atoms with Gasteiger partial charge in [0.15, 0.2) is 5.78 Å². The third-order valence-electron chi connectivity index (χ3n) is 1.75. The number of aromatic hydroxyl groups is 2. The van der Waals surface area contributed by atoms with Gasteiger partial charge in [0.2, 0.25) is 0 Å². The fraction of sp³-hybridized carbons (Fsp3) is 0.300. The summed E-state index contributed by atoms with van der Waals surface area (Å²) in [6.45, 7) is 0.0273. The number of benzene rings is 1. The predicted molar refractivity (Wildman–Crippen MR) is 58.5 cm³/mol. The van der Waals surface area contributed by atoms with Crippen LogP contribution >= 0.6 is 11.8 Å². The van der Waals surface area contributed by atoms with Gasteiger partial charge in [0, 0.05) is 11.8 Å². The Hall–Kier alpha value is -1.20. The third-order valence-corrected chi connectivity index (χ3v) is 2.69. The summed E-state index contributed by atoms with van der Waals surface area (Å²) in [6, 6.07) is 3.86. The van der Waals surface area contributed by atoms with E-state index in [1.165, 1.54) is 23.9 Å². The summed E-state index contributed by atoms with van der Waals surface area (Å²) < 4.78 is 0. The maximum atomic E-state index is 11.5. The molecule has 1 aromatic carbocycles. The van der Waals surface area contributed by atoms with Gasteiger partial charge in [-0.05, 0) is 12.1 Å². The lowest BCUT2D eigenvalue weighted by atomic mass is 10.1. The molecule has 0 radical (unpaired) electrons. The Balaban J connectivity index is 2.65. The molecule has 0 heterocycles. The maximum absolute atomic E-state index is 11.5. The number of thioether (sulfide) groups is 1. The second-order valence-corrected chi connectivity index (χ2v) is 4.01. The highest BCUT2D eigenvalue weighted by Gasteiger charge is 2.11. The minimum atomic E-state index is -0.218. The highest BCUT2D eigenvalue weighted by atomic mass is 32.2. The van der Waals surface area contributed by atoms with Gasteiger partial charge in [0.05, 0.1) is 17.9 Å². The molecule has 0 aromatic heterocycles. The summed E-state index contributed by atoms with van der Waals surface area (Å²) >= 11 is 1.30. The van der Waals surface area contributed by atoms with Crippen molar-refractivity contribution in [2.24, 2.45) is 0 Å². The molecule has 0 amide bonds. The minimum Gasteiger partial charge on any atom is -0.508 e. The van der Waals surface area contributed by atoms with Gasteiger partial charge in [-0.1, -0.05) is 0 Å². The lowest BCUT2D eigenvalue weighted by Crippen LogP contribution is -2.04. The monoisotopic (exact) mass is 228 g/mol. The molecule has 5 heteroatoms. The standard InChI is InChI=1S/C10H12O4S/c11-3-4-15-6-10(14)8-2-1-7(12)5-9(8)13/h1-2,5,11-13H,3-4,6H2. The number of hydrogen-bond acceptors (Lipinski definition) is 5. The summed E-state index contributed by atoms with van der Waals surface area (Å²) in [5.74, 6) is 0.186. The molecule has 0 atom stereocenters. The van der Waals surface area contributed by atoms with Gasteiger partial charge in [-0.25, -0.2) is 0 Å². The average Bonchev–Trinajstić information content (AvgIpc) is 2.17. The molecule has 3 N–H and O–H groups in total. The molecule has 82 valence electrons. The van der Waals surface area contributed by atoms with Gasteiger partial charge in [-0.3, -0.25) is 4.79 Å². The van der Waals surface area contributed by atoms with Crippen molar-refractivity contribution in [3.63, 3.8) is 0 Å². The lowest BCUT2D eigenvalue weighted by molar-refractivity contribution is 0.102. The van der Waals surface area contributed by atoms with E-state index in [-0.39, 0.29) is 35.2 Å². The van der Waals surface area contributed by atoms with Crippen molar-refractivity contribution in [1.82, 2.24) is 0 Å². The first-order valence-corrected chi connectivity index (χ1v) is 5.54. The number of phenolic OH excluding ortho intramolecular Hbond substituents is 2. The second kappa shape index (κ2) is 5.63. The molecule has 0 spiro atoms. The molecule has 1 rings (SSSR count). The largest absolute Gasteiger partial charge is 0.508 e. The SMILES string of the molecule is O=C(CSCCO)c1ccc(O)cc1O. The molecule has 0 saturated heterocycles. The molecular formula is C10H12O4S. The fourth-order valence-corrected chi connectivity index (χ4v) is 1.68. The van der Waals surface area contributed by atoms with E-state index in [1.54, 1.807) is 0 Å². The number of ketones is 1. The van der Waals surface area contributed by atoms with Gasteiger partial charge in [0.25, 0.3) is 0 Å². The van der Waals surface area contributed by atoms with Crippen LogP contribution in [0.15, 0.2) is 18.2 Å². The van der Waals surface area contributed by atoms with Gasteiger partial charge in [-0.2, -0.15) is 11.8 Å². The van der Waals surface area contributed by atoms with Gasteiger partial charge >= 0.3 is 0 Å². The Bertz CT molecular complexity index is 351. The predicted octanol–water partition coefficient (Wildman–Crippen LogP) is 1.01. The zero-order valence-corrected chi connectivity index (χ0v) is 8.83. The van der Waals surface area contributed by atoms with Gasteiger partial charge < -0.3 is 15.3 Å². The molecule has 15 heavy (non-hydrogen) atoms. The number of rotatable bonds is 5. The van der Waals surface area contributed by atoms with E-state index in [9.17, 15) is 9.90 Å². The fourth-order valence-electron chi connectivity index (χ4n) is 1.06. The topological polar surface area (TPSA) is 77.8 Å². The van der Waals surface area contributed by atoms with E-state index >= 15 is 0 Å². The molecule has 0 aliphatic carbocycles. The van der Waals surface area contributed by atoms with Crippen LogP contribution < -0.4 is 0 Å². The molecule has 0 saturated carbocycles. The van der Waals surface area contributed by atoms with Crippen LogP contribution in [0.4, 0.5) is 0 Å². The number of hydrogen-bond donors (Lipinski definition) is 3. The summed E-state index contributed by atoms with van der Waals surface area (Å²) in [6.07, 6.45) is 0. The van der Waals surface area contributed by atoms with E-state index in [0.29, 0.717) is 5.75 Å². The van der Waals surface area contributed by atoms with Crippen LogP contribution in [-0.2, 0) is 0 Å². The number of aliphatic hydroxyl groups is 1. The van der Waals surface area contributed by atoms with Crippen LogP contribution in [0.1, 0.15) is 10.4 Å². The smallest absolute Gasteiger partial charge is 0.176 e. The van der Waals surface area contributed by atoms with Crippen molar-refractivity contribution < 1.29 is 20.1 Å². The minimum absolute atomic E-state index is 0.0273. The Morgan fingerprint density at radius 3 is 2.67 bits per heavy atom.